The molecule has 6 heteroatoms. The van der Waals surface area contributed by atoms with Crippen molar-refractivity contribution in [3.8, 4) is 0 Å². The third kappa shape index (κ3) is 4.19. The summed E-state index contributed by atoms with van der Waals surface area (Å²) in [4.78, 5) is 18.9. The van der Waals surface area contributed by atoms with E-state index in [1.165, 1.54) is 43.5 Å². The zero-order chi connectivity index (χ0) is 16.2. The fourth-order valence-electron chi connectivity index (χ4n) is 2.85. The maximum absolute atomic E-state index is 13.8. The summed E-state index contributed by atoms with van der Waals surface area (Å²) in [5, 5.41) is 0.989. The summed E-state index contributed by atoms with van der Waals surface area (Å²) in [5.41, 5.74) is 0.0420. The van der Waals surface area contributed by atoms with Crippen LogP contribution in [0.5, 0.6) is 0 Å². The van der Waals surface area contributed by atoms with Crippen LogP contribution < -0.4 is 5.56 Å². The lowest BCUT2D eigenvalue weighted by Gasteiger charge is -2.20. The van der Waals surface area contributed by atoms with Gasteiger partial charge in [0, 0.05) is 23.3 Å². The number of aromatic nitrogens is 2. The Labute approximate surface area is 137 Å². The van der Waals surface area contributed by atoms with Gasteiger partial charge in [-0.05, 0) is 25.0 Å². The number of aromatic amines is 1. The summed E-state index contributed by atoms with van der Waals surface area (Å²) < 4.78 is 27.5. The van der Waals surface area contributed by atoms with Crippen molar-refractivity contribution in [2.24, 2.45) is 0 Å². The predicted octanol–water partition coefficient (Wildman–Crippen LogP) is 4.06. The van der Waals surface area contributed by atoms with Crippen molar-refractivity contribution in [2.75, 3.05) is 0 Å². The lowest BCUT2D eigenvalue weighted by atomic mass is 10.0. The van der Waals surface area contributed by atoms with Gasteiger partial charge in [-0.15, -0.1) is 0 Å². The molecule has 0 saturated heterocycles. The number of H-pyrrole nitrogens is 1. The van der Waals surface area contributed by atoms with Crippen LogP contribution in [0.15, 0.2) is 34.2 Å². The van der Waals surface area contributed by atoms with Crippen LogP contribution in [0, 0.1) is 11.6 Å². The van der Waals surface area contributed by atoms with E-state index in [0.29, 0.717) is 16.1 Å². The molecule has 1 fully saturated rings. The first-order valence-electron chi connectivity index (χ1n) is 7.81. The van der Waals surface area contributed by atoms with E-state index in [1.807, 2.05) is 0 Å². The molecule has 1 heterocycles. The van der Waals surface area contributed by atoms with E-state index in [1.54, 1.807) is 11.8 Å². The zero-order valence-electron chi connectivity index (χ0n) is 12.6. The Balaban J connectivity index is 1.81. The fourth-order valence-corrected chi connectivity index (χ4v) is 4.07. The molecule has 0 atom stereocenters. The van der Waals surface area contributed by atoms with Crippen LogP contribution in [0.4, 0.5) is 8.78 Å². The minimum Gasteiger partial charge on any atom is -0.301 e. The second-order valence-electron chi connectivity index (χ2n) is 5.80. The predicted molar refractivity (Wildman–Crippen MR) is 86.8 cm³/mol. The Hall–Kier alpha value is -1.69. The average Bonchev–Trinajstić information content (AvgIpc) is 2.51. The molecule has 1 aliphatic rings. The lowest BCUT2D eigenvalue weighted by molar-refractivity contribution is 0.515. The molecule has 1 saturated carbocycles. The van der Waals surface area contributed by atoms with Crippen LogP contribution in [-0.2, 0) is 6.42 Å². The number of nitrogens with zero attached hydrogens (tertiary/aromatic N) is 1. The SMILES string of the molecule is O=c1cc(Cc2c(F)cccc2F)nc(SC2CCCCC2)[nH]1. The van der Waals surface area contributed by atoms with Crippen molar-refractivity contribution in [3.63, 3.8) is 0 Å². The van der Waals surface area contributed by atoms with Crippen molar-refractivity contribution in [2.45, 2.75) is 48.9 Å². The molecule has 1 aromatic heterocycles. The first-order chi connectivity index (χ1) is 11.1. The van der Waals surface area contributed by atoms with Gasteiger partial charge < -0.3 is 4.98 Å². The number of rotatable bonds is 4. The topological polar surface area (TPSA) is 45.8 Å². The van der Waals surface area contributed by atoms with E-state index in [9.17, 15) is 13.6 Å². The van der Waals surface area contributed by atoms with Crippen molar-refractivity contribution < 1.29 is 8.78 Å². The highest BCUT2D eigenvalue weighted by molar-refractivity contribution is 7.99. The molecule has 2 aromatic rings. The van der Waals surface area contributed by atoms with E-state index in [2.05, 4.69) is 9.97 Å². The molecule has 0 spiro atoms. The van der Waals surface area contributed by atoms with E-state index in [4.69, 9.17) is 0 Å². The fraction of sp³-hybridized carbons (Fsp3) is 0.412. The average molecular weight is 336 g/mol. The molecule has 0 bridgehead atoms. The van der Waals surface area contributed by atoms with Crippen LogP contribution in [0.25, 0.3) is 0 Å². The van der Waals surface area contributed by atoms with E-state index in [-0.39, 0.29) is 17.5 Å². The first-order valence-corrected chi connectivity index (χ1v) is 8.69. The molecule has 0 unspecified atom stereocenters. The zero-order valence-corrected chi connectivity index (χ0v) is 13.5. The second-order valence-corrected chi connectivity index (χ2v) is 7.09. The van der Waals surface area contributed by atoms with Gasteiger partial charge in [-0.25, -0.2) is 13.8 Å². The Bertz CT molecular complexity index is 721. The van der Waals surface area contributed by atoms with Crippen LogP contribution in [0.1, 0.15) is 43.4 Å². The maximum Gasteiger partial charge on any atom is 0.251 e. The third-order valence-electron chi connectivity index (χ3n) is 4.02. The summed E-state index contributed by atoms with van der Waals surface area (Å²) in [7, 11) is 0. The number of halogens is 2. The molecule has 1 aromatic carbocycles. The Morgan fingerprint density at radius 3 is 2.57 bits per heavy atom. The quantitative estimate of drug-likeness (QED) is 0.856. The highest BCUT2D eigenvalue weighted by atomic mass is 32.2. The third-order valence-corrected chi connectivity index (χ3v) is 5.24. The van der Waals surface area contributed by atoms with Crippen molar-refractivity contribution in [3.05, 3.63) is 57.5 Å². The molecule has 0 radical (unpaired) electrons. The van der Waals surface area contributed by atoms with Crippen LogP contribution in [0.2, 0.25) is 0 Å². The number of hydrogen-bond acceptors (Lipinski definition) is 3. The summed E-state index contributed by atoms with van der Waals surface area (Å²) in [5.74, 6) is -1.23. The Morgan fingerprint density at radius 1 is 1.17 bits per heavy atom. The standard InChI is InChI=1S/C17H18F2N2OS/c18-14-7-4-8-15(19)13(14)9-11-10-16(22)21-17(20-11)23-12-5-2-1-3-6-12/h4,7-8,10,12H,1-3,5-6,9H2,(H,20,21,22). The number of nitrogens with one attached hydrogen (secondary N) is 1. The highest BCUT2D eigenvalue weighted by Crippen LogP contribution is 2.31. The van der Waals surface area contributed by atoms with Gasteiger partial charge in [0.15, 0.2) is 5.16 Å². The van der Waals surface area contributed by atoms with Gasteiger partial charge in [-0.1, -0.05) is 37.1 Å². The summed E-state index contributed by atoms with van der Waals surface area (Å²) in [6, 6.07) is 5.05. The lowest BCUT2D eigenvalue weighted by Crippen LogP contribution is -2.14. The van der Waals surface area contributed by atoms with Crippen LogP contribution in [-0.4, -0.2) is 15.2 Å². The van der Waals surface area contributed by atoms with Crippen molar-refractivity contribution in [1.82, 2.24) is 9.97 Å². The second kappa shape index (κ2) is 7.25. The van der Waals surface area contributed by atoms with Gasteiger partial charge in [0.1, 0.15) is 11.6 Å². The minimum absolute atomic E-state index is 0.0271. The number of thioether (sulfide) groups is 1. The van der Waals surface area contributed by atoms with Crippen LogP contribution in [0.3, 0.4) is 0 Å². The number of hydrogen-bond donors (Lipinski definition) is 1. The molecular weight excluding hydrogens is 318 g/mol. The minimum atomic E-state index is -0.617. The van der Waals surface area contributed by atoms with Gasteiger partial charge >= 0.3 is 0 Å². The molecule has 3 nitrogen and oxygen atoms in total. The number of benzene rings is 1. The molecule has 3 rings (SSSR count). The van der Waals surface area contributed by atoms with Gasteiger partial charge in [-0.2, -0.15) is 0 Å². The molecule has 1 N–H and O–H groups in total. The molecule has 1 aliphatic carbocycles. The van der Waals surface area contributed by atoms with Crippen LogP contribution >= 0.6 is 11.8 Å². The summed E-state index contributed by atoms with van der Waals surface area (Å²) in [6.07, 6.45) is 5.85. The Kier molecular flexibility index (Phi) is 5.10. The van der Waals surface area contributed by atoms with E-state index >= 15 is 0 Å². The smallest absolute Gasteiger partial charge is 0.251 e. The summed E-state index contributed by atoms with van der Waals surface area (Å²) >= 11 is 1.56. The van der Waals surface area contributed by atoms with Gasteiger partial charge in [0.2, 0.25) is 0 Å². The first kappa shape index (κ1) is 16.2. The van der Waals surface area contributed by atoms with Gasteiger partial charge in [0.05, 0.1) is 5.69 Å². The molecule has 122 valence electrons. The highest BCUT2D eigenvalue weighted by Gasteiger charge is 2.17. The van der Waals surface area contributed by atoms with Gasteiger partial charge in [-0.3, -0.25) is 4.79 Å². The Morgan fingerprint density at radius 2 is 1.87 bits per heavy atom. The monoisotopic (exact) mass is 336 g/mol. The largest absolute Gasteiger partial charge is 0.301 e. The van der Waals surface area contributed by atoms with Crippen molar-refractivity contribution in [1.29, 1.82) is 0 Å². The normalized spacial score (nSPS) is 15.7. The van der Waals surface area contributed by atoms with Crippen molar-refractivity contribution >= 4 is 11.8 Å². The maximum atomic E-state index is 13.8. The molecular formula is C17H18F2N2OS. The van der Waals surface area contributed by atoms with E-state index < -0.39 is 11.6 Å². The summed E-state index contributed by atoms with van der Waals surface area (Å²) in [6.45, 7) is 0. The van der Waals surface area contributed by atoms with Gasteiger partial charge in [0.25, 0.3) is 5.56 Å². The molecule has 23 heavy (non-hydrogen) atoms. The molecule has 0 amide bonds. The molecule has 0 aliphatic heterocycles. The van der Waals surface area contributed by atoms with E-state index in [0.717, 1.165) is 12.8 Å².